The van der Waals surface area contributed by atoms with Crippen molar-refractivity contribution < 1.29 is 4.74 Å². The molecular weight excluding hydrogens is 386 g/mol. The lowest BCUT2D eigenvalue weighted by molar-refractivity contribution is 0.432. The maximum atomic E-state index is 5.83. The van der Waals surface area contributed by atoms with Crippen LogP contribution in [0.25, 0.3) is 11.0 Å². The van der Waals surface area contributed by atoms with Crippen LogP contribution in [0.3, 0.4) is 0 Å². The first kappa shape index (κ1) is 19.4. The second-order valence-corrected chi connectivity index (χ2v) is 7.85. The van der Waals surface area contributed by atoms with Gasteiger partial charge in [-0.3, -0.25) is 9.98 Å². The van der Waals surface area contributed by atoms with E-state index in [2.05, 4.69) is 27.9 Å². The molecule has 6 heteroatoms. The van der Waals surface area contributed by atoms with E-state index in [1.54, 1.807) is 0 Å². The van der Waals surface area contributed by atoms with E-state index in [1.807, 2.05) is 54.9 Å². The van der Waals surface area contributed by atoms with Crippen molar-refractivity contribution in [2.75, 3.05) is 6.54 Å². The van der Waals surface area contributed by atoms with Crippen molar-refractivity contribution in [1.29, 1.82) is 0 Å². The monoisotopic (exact) mass is 411 g/mol. The molecule has 1 aromatic carbocycles. The van der Waals surface area contributed by atoms with Crippen LogP contribution in [0, 0.1) is 0 Å². The van der Waals surface area contributed by atoms with Crippen molar-refractivity contribution in [1.82, 2.24) is 19.9 Å². The third kappa shape index (κ3) is 4.06. The molecule has 1 aliphatic rings. The number of fused-ring (bicyclic) bond motifs is 2. The Kier molecular flexibility index (Phi) is 5.44. The zero-order valence-corrected chi connectivity index (χ0v) is 17.6. The summed E-state index contributed by atoms with van der Waals surface area (Å²) < 4.78 is 5.83. The van der Waals surface area contributed by atoms with Gasteiger partial charge in [-0.25, -0.2) is 4.98 Å². The zero-order valence-electron chi connectivity index (χ0n) is 17.6. The standard InChI is InChI=1S/C25H25N5O/c1-2-3-7-17-13-15-27-23(24-19(17)8-6-14-26-24)18-11-12-22(28-16-18)31-25-29-20-9-4-5-10-21(20)30-25/h4-6,8-12,14,16-17H,2-3,7,13,15H2,1H3,(H,29,30). The molecule has 156 valence electrons. The van der Waals surface area contributed by atoms with E-state index in [4.69, 9.17) is 14.7 Å². The van der Waals surface area contributed by atoms with E-state index in [0.29, 0.717) is 17.8 Å². The number of hydrogen-bond acceptors (Lipinski definition) is 5. The number of ether oxygens (including phenoxy) is 1. The lowest BCUT2D eigenvalue weighted by Gasteiger charge is -2.16. The van der Waals surface area contributed by atoms with Crippen LogP contribution in [-0.2, 0) is 0 Å². The molecule has 1 N–H and O–H groups in total. The fraction of sp³-hybridized carbons (Fsp3) is 0.280. The molecule has 31 heavy (non-hydrogen) atoms. The highest BCUT2D eigenvalue weighted by Gasteiger charge is 2.23. The number of nitrogens with zero attached hydrogens (tertiary/aromatic N) is 4. The van der Waals surface area contributed by atoms with Gasteiger partial charge in [-0.05, 0) is 48.6 Å². The van der Waals surface area contributed by atoms with Gasteiger partial charge in [0.2, 0.25) is 5.88 Å². The maximum Gasteiger partial charge on any atom is 0.301 e. The fourth-order valence-electron chi connectivity index (χ4n) is 4.14. The number of unbranched alkanes of at least 4 members (excludes halogenated alkanes) is 1. The molecule has 3 aromatic heterocycles. The second kappa shape index (κ2) is 8.68. The summed E-state index contributed by atoms with van der Waals surface area (Å²) in [5.74, 6) is 0.993. The molecule has 0 saturated heterocycles. The molecule has 6 nitrogen and oxygen atoms in total. The number of imidazole rings is 1. The molecule has 0 bridgehead atoms. The Morgan fingerprint density at radius 3 is 2.84 bits per heavy atom. The number of aliphatic imine (C=N–C) groups is 1. The van der Waals surface area contributed by atoms with E-state index >= 15 is 0 Å². The number of aromatic nitrogens is 4. The van der Waals surface area contributed by atoms with Gasteiger partial charge >= 0.3 is 6.01 Å². The number of H-pyrrole nitrogens is 1. The number of benzene rings is 1. The quantitative estimate of drug-likeness (QED) is 0.444. The van der Waals surface area contributed by atoms with Gasteiger partial charge in [0, 0.05) is 30.6 Å². The fourth-order valence-corrected chi connectivity index (χ4v) is 4.14. The average molecular weight is 412 g/mol. The minimum absolute atomic E-state index is 0.430. The molecular formula is C25H25N5O. The Hall–Kier alpha value is -3.54. The van der Waals surface area contributed by atoms with Gasteiger partial charge in [-0.15, -0.1) is 0 Å². The molecule has 0 spiro atoms. The molecule has 0 amide bonds. The van der Waals surface area contributed by atoms with Crippen molar-refractivity contribution in [3.8, 4) is 11.9 Å². The van der Waals surface area contributed by atoms with Gasteiger partial charge in [0.25, 0.3) is 0 Å². The zero-order chi connectivity index (χ0) is 21.0. The first-order valence-electron chi connectivity index (χ1n) is 10.9. The van der Waals surface area contributed by atoms with Crippen molar-refractivity contribution in [2.45, 2.75) is 38.5 Å². The summed E-state index contributed by atoms with van der Waals surface area (Å²) >= 11 is 0. The van der Waals surface area contributed by atoms with Crippen LogP contribution in [0.1, 0.15) is 55.3 Å². The number of rotatable bonds is 6. The SMILES string of the molecule is CCCCC1CCN=C(c2ccc(Oc3nc4ccccc4[nH]3)nc2)c2ncccc21. The third-order valence-electron chi connectivity index (χ3n) is 5.74. The number of hydrogen-bond donors (Lipinski definition) is 1. The first-order valence-corrected chi connectivity index (χ1v) is 10.9. The predicted molar refractivity (Wildman–Crippen MR) is 122 cm³/mol. The first-order chi connectivity index (χ1) is 15.3. The van der Waals surface area contributed by atoms with E-state index in [1.165, 1.54) is 24.8 Å². The highest BCUT2D eigenvalue weighted by molar-refractivity contribution is 6.12. The molecule has 0 aliphatic carbocycles. The number of pyridine rings is 2. The molecule has 1 atom stereocenters. The average Bonchev–Trinajstić information content (AvgIpc) is 3.12. The predicted octanol–water partition coefficient (Wildman–Crippen LogP) is 5.66. The number of nitrogens with one attached hydrogen (secondary N) is 1. The topological polar surface area (TPSA) is 76.1 Å². The van der Waals surface area contributed by atoms with E-state index in [-0.39, 0.29) is 0 Å². The van der Waals surface area contributed by atoms with Crippen LogP contribution >= 0.6 is 0 Å². The van der Waals surface area contributed by atoms with Crippen molar-refractivity contribution in [2.24, 2.45) is 4.99 Å². The summed E-state index contributed by atoms with van der Waals surface area (Å²) in [6.07, 6.45) is 8.33. The molecule has 1 unspecified atom stereocenters. The van der Waals surface area contributed by atoms with E-state index in [9.17, 15) is 0 Å². The number of aromatic amines is 1. The van der Waals surface area contributed by atoms with Gasteiger partial charge < -0.3 is 9.72 Å². The molecule has 0 saturated carbocycles. The van der Waals surface area contributed by atoms with Crippen LogP contribution in [0.2, 0.25) is 0 Å². The summed E-state index contributed by atoms with van der Waals surface area (Å²) in [6.45, 7) is 3.04. The highest BCUT2D eigenvalue weighted by Crippen LogP contribution is 2.31. The Morgan fingerprint density at radius 2 is 2.00 bits per heavy atom. The van der Waals surface area contributed by atoms with Crippen LogP contribution in [0.15, 0.2) is 65.9 Å². The van der Waals surface area contributed by atoms with Crippen LogP contribution in [0.5, 0.6) is 11.9 Å². The van der Waals surface area contributed by atoms with Gasteiger partial charge in [0.1, 0.15) is 0 Å². The van der Waals surface area contributed by atoms with Gasteiger partial charge in [0.15, 0.2) is 0 Å². The lowest BCUT2D eigenvalue weighted by Crippen LogP contribution is -2.10. The van der Waals surface area contributed by atoms with Gasteiger partial charge in [0.05, 0.1) is 22.4 Å². The Morgan fingerprint density at radius 1 is 1.06 bits per heavy atom. The van der Waals surface area contributed by atoms with Crippen LogP contribution < -0.4 is 4.74 Å². The van der Waals surface area contributed by atoms with Crippen molar-refractivity contribution in [3.63, 3.8) is 0 Å². The van der Waals surface area contributed by atoms with Crippen molar-refractivity contribution >= 4 is 16.7 Å². The summed E-state index contributed by atoms with van der Waals surface area (Å²) in [4.78, 5) is 21.7. The van der Waals surface area contributed by atoms with E-state index < -0.39 is 0 Å². The lowest BCUT2D eigenvalue weighted by atomic mass is 9.89. The molecule has 5 rings (SSSR count). The Labute approximate surface area is 181 Å². The molecule has 4 aromatic rings. The Bertz CT molecular complexity index is 1180. The normalized spacial score (nSPS) is 15.9. The smallest absolute Gasteiger partial charge is 0.301 e. The van der Waals surface area contributed by atoms with Crippen LogP contribution in [0.4, 0.5) is 0 Å². The van der Waals surface area contributed by atoms with Gasteiger partial charge in [-0.2, -0.15) is 4.98 Å². The molecule has 4 heterocycles. The summed E-state index contributed by atoms with van der Waals surface area (Å²) in [6, 6.07) is 16.3. The highest BCUT2D eigenvalue weighted by atomic mass is 16.5. The van der Waals surface area contributed by atoms with Gasteiger partial charge in [-0.1, -0.05) is 38.0 Å². The molecule has 0 fully saturated rings. The largest absolute Gasteiger partial charge is 0.407 e. The molecule has 0 radical (unpaired) electrons. The maximum absolute atomic E-state index is 5.83. The summed E-state index contributed by atoms with van der Waals surface area (Å²) in [5, 5.41) is 0. The third-order valence-corrected chi connectivity index (χ3v) is 5.74. The second-order valence-electron chi connectivity index (χ2n) is 7.85. The van der Waals surface area contributed by atoms with Crippen molar-refractivity contribution in [3.05, 3.63) is 77.7 Å². The minimum atomic E-state index is 0.430. The number of para-hydroxylation sites is 2. The summed E-state index contributed by atoms with van der Waals surface area (Å²) in [5.41, 5.74) is 5.94. The summed E-state index contributed by atoms with van der Waals surface area (Å²) in [7, 11) is 0. The van der Waals surface area contributed by atoms with E-state index in [0.717, 1.165) is 41.0 Å². The minimum Gasteiger partial charge on any atom is -0.407 e. The Balaban J connectivity index is 1.40. The molecule has 1 aliphatic heterocycles. The van der Waals surface area contributed by atoms with Crippen LogP contribution in [-0.4, -0.2) is 32.2 Å².